The standard InChI is InChI=1S/C13H16Cl2N2S/c1-9-4-3-7-17(8-9)13(18)16-11-6-2-5-10(14)12(11)15/h2,5-6,9H,3-4,7-8H2,1H3,(H,16,18). The molecule has 1 aromatic carbocycles. The summed E-state index contributed by atoms with van der Waals surface area (Å²) in [6.07, 6.45) is 2.46. The van der Waals surface area contributed by atoms with Crippen LogP contribution < -0.4 is 5.32 Å². The van der Waals surface area contributed by atoms with Gasteiger partial charge in [0.25, 0.3) is 0 Å². The number of anilines is 1. The highest BCUT2D eigenvalue weighted by molar-refractivity contribution is 7.80. The van der Waals surface area contributed by atoms with Crippen molar-refractivity contribution < 1.29 is 0 Å². The first-order valence-electron chi connectivity index (χ1n) is 6.08. The highest BCUT2D eigenvalue weighted by Gasteiger charge is 2.19. The van der Waals surface area contributed by atoms with Crippen molar-refractivity contribution in [2.45, 2.75) is 19.8 Å². The summed E-state index contributed by atoms with van der Waals surface area (Å²) in [5.74, 6) is 0.688. The van der Waals surface area contributed by atoms with Crippen LogP contribution >= 0.6 is 35.4 Å². The third-order valence-corrected chi connectivity index (χ3v) is 4.32. The van der Waals surface area contributed by atoms with Crippen LogP contribution in [0.25, 0.3) is 0 Å². The lowest BCUT2D eigenvalue weighted by Crippen LogP contribution is -2.41. The Morgan fingerprint density at radius 2 is 2.22 bits per heavy atom. The fraction of sp³-hybridized carbons (Fsp3) is 0.462. The van der Waals surface area contributed by atoms with Crippen LogP contribution in [0.3, 0.4) is 0 Å². The van der Waals surface area contributed by atoms with Gasteiger partial charge in [-0.3, -0.25) is 0 Å². The Labute approximate surface area is 123 Å². The Morgan fingerprint density at radius 3 is 2.94 bits per heavy atom. The Balaban J connectivity index is 2.04. The number of thiocarbonyl (C=S) groups is 1. The topological polar surface area (TPSA) is 15.3 Å². The van der Waals surface area contributed by atoms with Crippen molar-refractivity contribution in [2.75, 3.05) is 18.4 Å². The van der Waals surface area contributed by atoms with Crippen LogP contribution in [0, 0.1) is 5.92 Å². The Kier molecular flexibility index (Phi) is 4.71. The van der Waals surface area contributed by atoms with Crippen molar-refractivity contribution in [3.63, 3.8) is 0 Å². The lowest BCUT2D eigenvalue weighted by molar-refractivity contribution is 0.276. The van der Waals surface area contributed by atoms with Crippen molar-refractivity contribution in [2.24, 2.45) is 5.92 Å². The molecule has 1 unspecified atom stereocenters. The molecule has 2 rings (SSSR count). The van der Waals surface area contributed by atoms with E-state index in [0.29, 0.717) is 16.0 Å². The van der Waals surface area contributed by atoms with E-state index in [9.17, 15) is 0 Å². The van der Waals surface area contributed by atoms with E-state index in [1.54, 1.807) is 6.07 Å². The highest BCUT2D eigenvalue weighted by Crippen LogP contribution is 2.30. The van der Waals surface area contributed by atoms with Gasteiger partial charge in [0.05, 0.1) is 15.7 Å². The van der Waals surface area contributed by atoms with Gasteiger partial charge in [-0.05, 0) is 43.1 Å². The molecule has 0 aliphatic carbocycles. The molecule has 1 fully saturated rings. The smallest absolute Gasteiger partial charge is 0.173 e. The molecule has 0 amide bonds. The minimum Gasteiger partial charge on any atom is -0.349 e. The third-order valence-electron chi connectivity index (χ3n) is 3.14. The molecule has 18 heavy (non-hydrogen) atoms. The number of hydrogen-bond donors (Lipinski definition) is 1. The van der Waals surface area contributed by atoms with Crippen molar-refractivity contribution >= 4 is 46.2 Å². The summed E-state index contributed by atoms with van der Waals surface area (Å²) in [6.45, 7) is 4.26. The summed E-state index contributed by atoms with van der Waals surface area (Å²) in [4.78, 5) is 2.20. The second kappa shape index (κ2) is 6.09. The average molecular weight is 303 g/mol. The van der Waals surface area contributed by atoms with Crippen molar-refractivity contribution in [3.05, 3.63) is 28.2 Å². The molecule has 98 valence electrons. The maximum absolute atomic E-state index is 6.13. The molecule has 0 saturated carbocycles. The Morgan fingerprint density at radius 1 is 1.44 bits per heavy atom. The molecule has 1 atom stereocenters. The van der Waals surface area contributed by atoms with Gasteiger partial charge < -0.3 is 10.2 Å². The fourth-order valence-electron chi connectivity index (χ4n) is 2.17. The fourth-order valence-corrected chi connectivity index (χ4v) is 2.79. The normalized spacial score (nSPS) is 19.7. The van der Waals surface area contributed by atoms with Crippen LogP contribution in [-0.2, 0) is 0 Å². The van der Waals surface area contributed by atoms with Crippen molar-refractivity contribution in [1.82, 2.24) is 4.90 Å². The summed E-state index contributed by atoms with van der Waals surface area (Å²) < 4.78 is 0. The van der Waals surface area contributed by atoms with Crippen LogP contribution in [-0.4, -0.2) is 23.1 Å². The van der Waals surface area contributed by atoms with Crippen molar-refractivity contribution in [1.29, 1.82) is 0 Å². The lowest BCUT2D eigenvalue weighted by Gasteiger charge is -2.33. The second-order valence-electron chi connectivity index (χ2n) is 4.72. The van der Waals surface area contributed by atoms with E-state index in [-0.39, 0.29) is 0 Å². The second-order valence-corrected chi connectivity index (χ2v) is 5.90. The average Bonchev–Trinajstić information content (AvgIpc) is 2.35. The number of benzene rings is 1. The number of nitrogens with one attached hydrogen (secondary N) is 1. The molecule has 1 heterocycles. The predicted molar refractivity (Wildman–Crippen MR) is 82.7 cm³/mol. The Bertz CT molecular complexity index is 451. The van der Waals surface area contributed by atoms with E-state index in [1.807, 2.05) is 12.1 Å². The predicted octanol–water partition coefficient (Wildman–Crippen LogP) is 4.42. The van der Waals surface area contributed by atoms with E-state index in [2.05, 4.69) is 17.1 Å². The van der Waals surface area contributed by atoms with Gasteiger partial charge in [0.1, 0.15) is 0 Å². The molecule has 0 bridgehead atoms. The number of hydrogen-bond acceptors (Lipinski definition) is 1. The number of halogens is 2. The number of piperidine rings is 1. The van der Waals surface area contributed by atoms with Gasteiger partial charge in [-0.2, -0.15) is 0 Å². The van der Waals surface area contributed by atoms with Gasteiger partial charge in [0, 0.05) is 13.1 Å². The first-order chi connectivity index (χ1) is 8.58. The molecule has 1 saturated heterocycles. The van der Waals surface area contributed by atoms with Gasteiger partial charge in [-0.15, -0.1) is 0 Å². The van der Waals surface area contributed by atoms with Gasteiger partial charge in [-0.25, -0.2) is 0 Å². The first kappa shape index (κ1) is 13.9. The summed E-state index contributed by atoms with van der Waals surface area (Å²) in [5, 5.41) is 4.97. The van der Waals surface area contributed by atoms with E-state index in [4.69, 9.17) is 35.4 Å². The van der Waals surface area contributed by atoms with Crippen LogP contribution in [0.2, 0.25) is 10.0 Å². The van der Waals surface area contributed by atoms with Crippen LogP contribution in [0.5, 0.6) is 0 Å². The maximum atomic E-state index is 6.13. The molecule has 1 aliphatic rings. The highest BCUT2D eigenvalue weighted by atomic mass is 35.5. The third kappa shape index (κ3) is 3.28. The molecule has 2 nitrogen and oxygen atoms in total. The van der Waals surface area contributed by atoms with Crippen LogP contribution in [0.15, 0.2) is 18.2 Å². The summed E-state index contributed by atoms with van der Waals surface area (Å²) in [7, 11) is 0. The minimum absolute atomic E-state index is 0.520. The molecular weight excluding hydrogens is 287 g/mol. The van der Waals surface area contributed by atoms with Gasteiger partial charge in [0.2, 0.25) is 0 Å². The van der Waals surface area contributed by atoms with E-state index in [0.717, 1.165) is 23.9 Å². The van der Waals surface area contributed by atoms with Gasteiger partial charge in [-0.1, -0.05) is 36.2 Å². The molecule has 1 aliphatic heterocycles. The van der Waals surface area contributed by atoms with Gasteiger partial charge in [0.15, 0.2) is 5.11 Å². The molecule has 0 radical (unpaired) electrons. The SMILES string of the molecule is CC1CCCN(C(=S)Nc2cccc(Cl)c2Cl)C1. The summed E-state index contributed by atoms with van der Waals surface area (Å²) in [5.41, 5.74) is 0.771. The van der Waals surface area contributed by atoms with E-state index in [1.165, 1.54) is 12.8 Å². The molecular formula is C13H16Cl2N2S. The zero-order chi connectivity index (χ0) is 13.1. The van der Waals surface area contributed by atoms with Crippen LogP contribution in [0.1, 0.15) is 19.8 Å². The lowest BCUT2D eigenvalue weighted by atomic mass is 10.0. The van der Waals surface area contributed by atoms with E-state index >= 15 is 0 Å². The monoisotopic (exact) mass is 302 g/mol. The van der Waals surface area contributed by atoms with Crippen molar-refractivity contribution in [3.8, 4) is 0 Å². The molecule has 5 heteroatoms. The zero-order valence-electron chi connectivity index (χ0n) is 10.2. The zero-order valence-corrected chi connectivity index (χ0v) is 12.6. The molecule has 0 spiro atoms. The molecule has 1 N–H and O–H groups in total. The maximum Gasteiger partial charge on any atom is 0.173 e. The first-order valence-corrected chi connectivity index (χ1v) is 7.24. The summed E-state index contributed by atoms with van der Waals surface area (Å²) >= 11 is 17.5. The quantitative estimate of drug-likeness (QED) is 0.773. The number of rotatable bonds is 1. The van der Waals surface area contributed by atoms with Crippen LogP contribution in [0.4, 0.5) is 5.69 Å². The molecule has 1 aromatic rings. The number of nitrogens with zero attached hydrogens (tertiary/aromatic N) is 1. The molecule has 0 aromatic heterocycles. The minimum atomic E-state index is 0.520. The summed E-state index contributed by atoms with van der Waals surface area (Å²) in [6, 6.07) is 5.51. The Hall–Kier alpha value is -0.510. The van der Waals surface area contributed by atoms with Gasteiger partial charge >= 0.3 is 0 Å². The van der Waals surface area contributed by atoms with E-state index < -0.39 is 0 Å². The number of likely N-dealkylation sites (tertiary alicyclic amines) is 1. The largest absolute Gasteiger partial charge is 0.349 e.